The van der Waals surface area contributed by atoms with Crippen molar-refractivity contribution in [2.24, 2.45) is 0 Å². The number of fused-ring (bicyclic) bond motifs is 3. The van der Waals surface area contributed by atoms with Gasteiger partial charge in [-0.25, -0.2) is 4.79 Å². The minimum Gasteiger partial charge on any atom is -0.493 e. The number of esters is 1. The molecule has 0 aliphatic heterocycles. The molecule has 146 valence electrons. The summed E-state index contributed by atoms with van der Waals surface area (Å²) in [4.78, 5) is 11.3. The highest BCUT2D eigenvalue weighted by Crippen LogP contribution is 2.41. The number of hydrogen-bond donors (Lipinski definition) is 0. The van der Waals surface area contributed by atoms with E-state index in [4.69, 9.17) is 9.47 Å². The third kappa shape index (κ3) is 4.09. The first-order valence-electron chi connectivity index (χ1n) is 9.89. The molecule has 0 N–H and O–H groups in total. The zero-order chi connectivity index (χ0) is 20.2. The Bertz CT molecular complexity index is 1050. The molecule has 29 heavy (non-hydrogen) atoms. The van der Waals surface area contributed by atoms with E-state index in [1.165, 1.54) is 33.4 Å². The van der Waals surface area contributed by atoms with Crippen molar-refractivity contribution >= 4 is 5.97 Å². The highest BCUT2D eigenvalue weighted by molar-refractivity contribution is 5.87. The minimum absolute atomic E-state index is 0.334. The van der Waals surface area contributed by atoms with E-state index >= 15 is 0 Å². The van der Waals surface area contributed by atoms with Crippen LogP contribution in [0.1, 0.15) is 24.5 Å². The van der Waals surface area contributed by atoms with Crippen LogP contribution in [-0.2, 0) is 16.0 Å². The molecule has 0 aromatic heterocycles. The molecule has 3 aromatic rings. The summed E-state index contributed by atoms with van der Waals surface area (Å²) in [5.74, 6) is 0.461. The first kappa shape index (κ1) is 19.0. The molecule has 3 nitrogen and oxygen atoms in total. The predicted octanol–water partition coefficient (Wildman–Crippen LogP) is 5.81. The van der Waals surface area contributed by atoms with Crippen LogP contribution in [0.2, 0.25) is 0 Å². The average molecular weight is 384 g/mol. The van der Waals surface area contributed by atoms with Gasteiger partial charge in [-0.3, -0.25) is 0 Å². The number of ether oxygens (including phenoxy) is 2. The summed E-state index contributed by atoms with van der Waals surface area (Å²) in [6, 6.07) is 23.4. The molecule has 0 saturated heterocycles. The monoisotopic (exact) mass is 384 g/mol. The average Bonchev–Trinajstić information content (AvgIpc) is 3.12. The lowest BCUT2D eigenvalue weighted by Crippen LogP contribution is -2.09. The van der Waals surface area contributed by atoms with Crippen LogP contribution in [0.25, 0.3) is 22.3 Å². The highest BCUT2D eigenvalue weighted by atomic mass is 16.5. The molecule has 0 heterocycles. The van der Waals surface area contributed by atoms with Crippen LogP contribution in [-0.4, -0.2) is 19.2 Å². The number of carbonyl (C=O) groups is 1. The lowest BCUT2D eigenvalue weighted by atomic mass is 9.96. The van der Waals surface area contributed by atoms with E-state index in [-0.39, 0.29) is 5.97 Å². The highest BCUT2D eigenvalue weighted by Gasteiger charge is 2.20. The van der Waals surface area contributed by atoms with Crippen molar-refractivity contribution in [3.05, 3.63) is 90.0 Å². The third-order valence-corrected chi connectivity index (χ3v) is 5.16. The molecule has 0 bridgehead atoms. The first-order valence-corrected chi connectivity index (χ1v) is 9.89. The SMILES string of the molecule is C=C(C)C(=O)OCCCOc1ccc(-c2cccc3c2Cc2ccccc2-3)cc1. The van der Waals surface area contributed by atoms with E-state index in [2.05, 4.69) is 61.2 Å². The Morgan fingerprint density at radius 2 is 1.62 bits per heavy atom. The molecule has 3 heteroatoms. The molecule has 1 aliphatic rings. The Balaban J connectivity index is 1.40. The Morgan fingerprint density at radius 1 is 0.897 bits per heavy atom. The van der Waals surface area contributed by atoms with Gasteiger partial charge < -0.3 is 9.47 Å². The van der Waals surface area contributed by atoms with Gasteiger partial charge in [0.25, 0.3) is 0 Å². The quantitative estimate of drug-likeness (QED) is 0.229. The number of benzene rings is 3. The number of rotatable bonds is 7. The van der Waals surface area contributed by atoms with Crippen molar-refractivity contribution in [3.63, 3.8) is 0 Å². The van der Waals surface area contributed by atoms with E-state index in [9.17, 15) is 4.79 Å². The van der Waals surface area contributed by atoms with Crippen LogP contribution < -0.4 is 4.74 Å². The summed E-state index contributed by atoms with van der Waals surface area (Å²) < 4.78 is 10.8. The van der Waals surface area contributed by atoms with Gasteiger partial charge in [-0.1, -0.05) is 61.2 Å². The molecule has 0 unspecified atom stereocenters. The Hall–Kier alpha value is -3.33. The molecule has 0 radical (unpaired) electrons. The second kappa shape index (κ2) is 8.36. The van der Waals surface area contributed by atoms with Gasteiger partial charge in [0.2, 0.25) is 0 Å². The van der Waals surface area contributed by atoms with E-state index in [0.717, 1.165) is 12.2 Å². The summed E-state index contributed by atoms with van der Waals surface area (Å²) in [6.07, 6.45) is 1.62. The summed E-state index contributed by atoms with van der Waals surface area (Å²) in [5, 5.41) is 0. The lowest BCUT2D eigenvalue weighted by Gasteiger charge is -2.11. The van der Waals surface area contributed by atoms with Crippen LogP contribution in [0.4, 0.5) is 0 Å². The van der Waals surface area contributed by atoms with Gasteiger partial charge in [0.15, 0.2) is 0 Å². The zero-order valence-corrected chi connectivity index (χ0v) is 16.6. The van der Waals surface area contributed by atoms with E-state index < -0.39 is 0 Å². The lowest BCUT2D eigenvalue weighted by molar-refractivity contribution is -0.139. The van der Waals surface area contributed by atoms with E-state index in [1.807, 2.05) is 12.1 Å². The second-order valence-electron chi connectivity index (χ2n) is 7.31. The van der Waals surface area contributed by atoms with Crippen molar-refractivity contribution in [2.45, 2.75) is 19.8 Å². The van der Waals surface area contributed by atoms with Gasteiger partial charge in [0.1, 0.15) is 5.75 Å². The van der Waals surface area contributed by atoms with Crippen molar-refractivity contribution in [2.75, 3.05) is 13.2 Å². The standard InChI is InChI=1S/C26H24O3/c1-18(2)26(27)29-16-6-15-28-21-13-11-19(12-14-21)22-9-5-10-24-23-8-4-3-7-20(23)17-25(22)24/h3-5,7-14H,1,6,15-17H2,2H3. The van der Waals surface area contributed by atoms with Crippen molar-refractivity contribution in [1.82, 2.24) is 0 Å². The zero-order valence-electron chi connectivity index (χ0n) is 16.6. The van der Waals surface area contributed by atoms with Crippen LogP contribution in [0.3, 0.4) is 0 Å². The van der Waals surface area contributed by atoms with E-state index in [1.54, 1.807) is 6.92 Å². The molecule has 0 fully saturated rings. The fraction of sp³-hybridized carbons (Fsp3) is 0.192. The third-order valence-electron chi connectivity index (χ3n) is 5.16. The molecule has 0 spiro atoms. The Morgan fingerprint density at radius 3 is 2.41 bits per heavy atom. The van der Waals surface area contributed by atoms with Crippen LogP contribution in [0.5, 0.6) is 5.75 Å². The summed E-state index contributed by atoms with van der Waals surface area (Å²) in [5.41, 5.74) is 8.34. The van der Waals surface area contributed by atoms with Crippen molar-refractivity contribution in [3.8, 4) is 28.0 Å². The molecule has 4 rings (SSSR count). The largest absolute Gasteiger partial charge is 0.493 e. The fourth-order valence-corrected chi connectivity index (χ4v) is 3.70. The van der Waals surface area contributed by atoms with Gasteiger partial charge in [0.05, 0.1) is 13.2 Å². The summed E-state index contributed by atoms with van der Waals surface area (Å²) in [7, 11) is 0. The predicted molar refractivity (Wildman–Crippen MR) is 116 cm³/mol. The van der Waals surface area contributed by atoms with Gasteiger partial charge in [-0.2, -0.15) is 0 Å². The normalized spacial score (nSPS) is 11.5. The van der Waals surface area contributed by atoms with Gasteiger partial charge in [0, 0.05) is 12.0 Å². The van der Waals surface area contributed by atoms with E-state index in [0.29, 0.717) is 25.2 Å². The molecule has 0 atom stereocenters. The summed E-state index contributed by atoms with van der Waals surface area (Å²) in [6.45, 7) is 6.04. The minimum atomic E-state index is -0.355. The maximum absolute atomic E-state index is 11.3. The first-order chi connectivity index (χ1) is 14.1. The smallest absolute Gasteiger partial charge is 0.333 e. The van der Waals surface area contributed by atoms with Gasteiger partial charge in [-0.15, -0.1) is 0 Å². The maximum Gasteiger partial charge on any atom is 0.333 e. The molecule has 0 amide bonds. The van der Waals surface area contributed by atoms with Crippen molar-refractivity contribution in [1.29, 1.82) is 0 Å². The number of carbonyl (C=O) groups excluding carboxylic acids is 1. The maximum atomic E-state index is 11.3. The molecule has 1 aliphatic carbocycles. The Labute approximate surface area is 171 Å². The molecular formula is C26H24O3. The Kier molecular flexibility index (Phi) is 5.48. The number of hydrogen-bond acceptors (Lipinski definition) is 3. The van der Waals surface area contributed by atoms with Gasteiger partial charge in [-0.05, 0) is 58.9 Å². The van der Waals surface area contributed by atoms with Crippen LogP contribution in [0.15, 0.2) is 78.9 Å². The molecule has 3 aromatic carbocycles. The fourth-order valence-electron chi connectivity index (χ4n) is 3.70. The molecule has 0 saturated carbocycles. The summed E-state index contributed by atoms with van der Waals surface area (Å²) >= 11 is 0. The van der Waals surface area contributed by atoms with Crippen molar-refractivity contribution < 1.29 is 14.3 Å². The van der Waals surface area contributed by atoms with Crippen LogP contribution in [0, 0.1) is 0 Å². The van der Waals surface area contributed by atoms with Gasteiger partial charge >= 0.3 is 5.97 Å². The molecular weight excluding hydrogens is 360 g/mol. The topological polar surface area (TPSA) is 35.5 Å². The van der Waals surface area contributed by atoms with Crippen LogP contribution >= 0.6 is 0 Å². The second-order valence-corrected chi connectivity index (χ2v) is 7.31.